The second-order valence-electron chi connectivity index (χ2n) is 5.18. The normalized spacial score (nSPS) is 10.2. The molecule has 0 saturated heterocycles. The molecule has 5 nitrogen and oxygen atoms in total. The summed E-state index contributed by atoms with van der Waals surface area (Å²) in [4.78, 5) is 24.8. The molecule has 0 aliphatic carbocycles. The van der Waals surface area contributed by atoms with E-state index in [1.165, 1.54) is 6.92 Å². The van der Waals surface area contributed by atoms with Crippen LogP contribution < -0.4 is 15.5 Å². The predicted octanol–water partition coefficient (Wildman–Crippen LogP) is 4.03. The molecule has 0 fully saturated rings. The highest BCUT2D eigenvalue weighted by Crippen LogP contribution is 2.22. The lowest BCUT2D eigenvalue weighted by atomic mass is 10.2. The maximum absolute atomic E-state index is 12.0. The van der Waals surface area contributed by atoms with Crippen LogP contribution in [0.4, 0.5) is 17.1 Å². The predicted molar refractivity (Wildman–Crippen MR) is 99.1 cm³/mol. The van der Waals surface area contributed by atoms with Crippen molar-refractivity contribution in [2.24, 2.45) is 0 Å². The lowest BCUT2D eigenvalue weighted by molar-refractivity contribution is -0.116. The molecule has 2 aromatic carbocycles. The van der Waals surface area contributed by atoms with Crippen LogP contribution in [0, 0.1) is 0 Å². The summed E-state index contributed by atoms with van der Waals surface area (Å²) in [5.74, 6) is -0.270. The molecule has 2 aromatic rings. The van der Waals surface area contributed by atoms with E-state index >= 15 is 0 Å². The van der Waals surface area contributed by atoms with E-state index in [2.05, 4.69) is 10.6 Å². The largest absolute Gasteiger partial charge is 0.376 e. The first-order valence-electron chi connectivity index (χ1n) is 7.19. The van der Waals surface area contributed by atoms with Crippen LogP contribution in [0.5, 0.6) is 0 Å². The Morgan fingerprint density at radius 2 is 1.58 bits per heavy atom. The SMILES string of the molecule is CC(=O)N(C)c1ccc(NCC(=O)Nc2cc(Cl)cc(Cl)c2)cc1. The fraction of sp³-hybridized carbons (Fsp3) is 0.176. The van der Waals surface area contributed by atoms with Crippen LogP contribution in [-0.4, -0.2) is 25.4 Å². The minimum atomic E-state index is -0.224. The van der Waals surface area contributed by atoms with Crippen LogP contribution in [0.3, 0.4) is 0 Å². The van der Waals surface area contributed by atoms with Crippen molar-refractivity contribution in [2.75, 3.05) is 29.1 Å². The summed E-state index contributed by atoms with van der Waals surface area (Å²) in [6.45, 7) is 1.59. The van der Waals surface area contributed by atoms with Crippen LogP contribution in [0.25, 0.3) is 0 Å². The zero-order valence-electron chi connectivity index (χ0n) is 13.3. The molecule has 0 saturated carbocycles. The Morgan fingerprint density at radius 3 is 2.12 bits per heavy atom. The highest BCUT2D eigenvalue weighted by Gasteiger charge is 2.07. The van der Waals surface area contributed by atoms with Gasteiger partial charge in [-0.15, -0.1) is 0 Å². The maximum atomic E-state index is 12.0. The van der Waals surface area contributed by atoms with Gasteiger partial charge in [-0.3, -0.25) is 9.59 Å². The molecule has 2 rings (SSSR count). The number of carbonyl (C=O) groups is 2. The van der Waals surface area contributed by atoms with Crippen LogP contribution in [0.1, 0.15) is 6.92 Å². The van der Waals surface area contributed by atoms with Gasteiger partial charge in [0.05, 0.1) is 6.54 Å². The third-order valence-electron chi connectivity index (χ3n) is 3.33. The summed E-state index contributed by atoms with van der Waals surface area (Å²) in [6, 6.07) is 12.1. The number of benzene rings is 2. The molecular weight excluding hydrogens is 349 g/mol. The minimum Gasteiger partial charge on any atom is -0.376 e. The van der Waals surface area contributed by atoms with Gasteiger partial charge in [-0.25, -0.2) is 0 Å². The Kier molecular flexibility index (Phi) is 6.06. The molecule has 0 aliphatic rings. The molecule has 126 valence electrons. The summed E-state index contributed by atoms with van der Waals surface area (Å²) in [5.41, 5.74) is 2.10. The Morgan fingerprint density at radius 1 is 1.00 bits per heavy atom. The molecule has 7 heteroatoms. The number of nitrogens with zero attached hydrogens (tertiary/aromatic N) is 1. The molecule has 0 radical (unpaired) electrons. The van der Waals surface area contributed by atoms with Crippen molar-refractivity contribution in [3.63, 3.8) is 0 Å². The number of hydrogen-bond donors (Lipinski definition) is 2. The van der Waals surface area contributed by atoms with Crippen molar-refractivity contribution in [1.82, 2.24) is 0 Å². The molecule has 2 amide bonds. The van der Waals surface area contributed by atoms with Gasteiger partial charge < -0.3 is 15.5 Å². The Balaban J connectivity index is 1.90. The standard InChI is InChI=1S/C17H17Cl2N3O2/c1-11(23)22(2)16-5-3-14(4-6-16)20-10-17(24)21-15-8-12(18)7-13(19)9-15/h3-9,20H,10H2,1-2H3,(H,21,24). The summed E-state index contributed by atoms with van der Waals surface area (Å²) in [7, 11) is 1.70. The van der Waals surface area contributed by atoms with Gasteiger partial charge in [0.25, 0.3) is 0 Å². The lowest BCUT2D eigenvalue weighted by Gasteiger charge is -2.15. The summed E-state index contributed by atoms with van der Waals surface area (Å²) in [5, 5.41) is 6.63. The second kappa shape index (κ2) is 8.04. The molecule has 0 aromatic heterocycles. The van der Waals surface area contributed by atoms with Crippen molar-refractivity contribution in [3.05, 3.63) is 52.5 Å². The van der Waals surface area contributed by atoms with E-state index in [-0.39, 0.29) is 18.4 Å². The summed E-state index contributed by atoms with van der Waals surface area (Å²) in [6.07, 6.45) is 0. The van der Waals surface area contributed by atoms with E-state index in [4.69, 9.17) is 23.2 Å². The van der Waals surface area contributed by atoms with Crippen LogP contribution in [-0.2, 0) is 9.59 Å². The first kappa shape index (κ1) is 18.1. The fourth-order valence-corrected chi connectivity index (χ4v) is 2.52. The number of carbonyl (C=O) groups excluding carboxylic acids is 2. The number of hydrogen-bond acceptors (Lipinski definition) is 3. The van der Waals surface area contributed by atoms with Crippen molar-refractivity contribution in [3.8, 4) is 0 Å². The number of amides is 2. The van der Waals surface area contributed by atoms with Gasteiger partial charge in [0.15, 0.2) is 0 Å². The van der Waals surface area contributed by atoms with E-state index in [0.29, 0.717) is 15.7 Å². The average Bonchev–Trinajstić information content (AvgIpc) is 2.51. The van der Waals surface area contributed by atoms with Crippen LogP contribution >= 0.6 is 23.2 Å². The smallest absolute Gasteiger partial charge is 0.243 e. The lowest BCUT2D eigenvalue weighted by Crippen LogP contribution is -2.23. The number of anilines is 3. The molecule has 0 aliphatic heterocycles. The number of rotatable bonds is 5. The van der Waals surface area contributed by atoms with Crippen molar-refractivity contribution >= 4 is 52.1 Å². The highest BCUT2D eigenvalue weighted by atomic mass is 35.5. The quantitative estimate of drug-likeness (QED) is 0.840. The van der Waals surface area contributed by atoms with Crippen LogP contribution in [0.2, 0.25) is 10.0 Å². The molecule has 0 bridgehead atoms. The Labute approximate surface area is 150 Å². The van der Waals surface area contributed by atoms with E-state index in [9.17, 15) is 9.59 Å². The monoisotopic (exact) mass is 365 g/mol. The molecule has 0 spiro atoms. The van der Waals surface area contributed by atoms with E-state index in [1.807, 2.05) is 0 Å². The van der Waals surface area contributed by atoms with Gasteiger partial charge in [0.1, 0.15) is 0 Å². The molecule has 24 heavy (non-hydrogen) atoms. The second-order valence-corrected chi connectivity index (χ2v) is 6.06. The van der Waals surface area contributed by atoms with Gasteiger partial charge in [-0.2, -0.15) is 0 Å². The molecule has 2 N–H and O–H groups in total. The number of nitrogens with one attached hydrogen (secondary N) is 2. The molecule has 0 atom stereocenters. The first-order chi connectivity index (χ1) is 11.3. The fourth-order valence-electron chi connectivity index (χ4n) is 2.00. The molecular formula is C17H17Cl2N3O2. The van der Waals surface area contributed by atoms with E-state index in [1.54, 1.807) is 54.4 Å². The van der Waals surface area contributed by atoms with Crippen molar-refractivity contribution in [2.45, 2.75) is 6.92 Å². The summed E-state index contributed by atoms with van der Waals surface area (Å²) < 4.78 is 0. The average molecular weight is 366 g/mol. The minimum absolute atomic E-state index is 0.0460. The maximum Gasteiger partial charge on any atom is 0.243 e. The Hall–Kier alpha value is -2.24. The zero-order valence-corrected chi connectivity index (χ0v) is 14.8. The van der Waals surface area contributed by atoms with E-state index in [0.717, 1.165) is 11.4 Å². The van der Waals surface area contributed by atoms with Crippen molar-refractivity contribution in [1.29, 1.82) is 0 Å². The zero-order chi connectivity index (χ0) is 17.7. The van der Waals surface area contributed by atoms with Gasteiger partial charge in [0.2, 0.25) is 11.8 Å². The highest BCUT2D eigenvalue weighted by molar-refractivity contribution is 6.35. The summed E-state index contributed by atoms with van der Waals surface area (Å²) >= 11 is 11.8. The van der Waals surface area contributed by atoms with Gasteiger partial charge in [0, 0.05) is 41.1 Å². The van der Waals surface area contributed by atoms with Gasteiger partial charge in [-0.1, -0.05) is 23.2 Å². The van der Waals surface area contributed by atoms with Crippen molar-refractivity contribution < 1.29 is 9.59 Å². The third-order valence-corrected chi connectivity index (χ3v) is 3.76. The van der Waals surface area contributed by atoms with Crippen LogP contribution in [0.15, 0.2) is 42.5 Å². The van der Waals surface area contributed by atoms with Gasteiger partial charge >= 0.3 is 0 Å². The Bertz CT molecular complexity index is 728. The first-order valence-corrected chi connectivity index (χ1v) is 7.95. The molecule has 0 heterocycles. The third kappa shape index (κ3) is 5.15. The number of halogens is 2. The topological polar surface area (TPSA) is 61.4 Å². The van der Waals surface area contributed by atoms with Gasteiger partial charge in [-0.05, 0) is 42.5 Å². The molecule has 0 unspecified atom stereocenters. The van der Waals surface area contributed by atoms with E-state index < -0.39 is 0 Å².